The number of fused-ring (bicyclic) bond motifs is 1. The third-order valence-corrected chi connectivity index (χ3v) is 2.21. The Morgan fingerprint density at radius 2 is 2.43 bits per heavy atom. The van der Waals surface area contributed by atoms with Crippen LogP contribution < -0.4 is 11.2 Å². The second-order valence-electron chi connectivity index (χ2n) is 3.16. The fourth-order valence-corrected chi connectivity index (χ4v) is 1.49. The van der Waals surface area contributed by atoms with Crippen LogP contribution >= 0.6 is 0 Å². The van der Waals surface area contributed by atoms with Gasteiger partial charge in [-0.05, 0) is 16.6 Å². The van der Waals surface area contributed by atoms with Gasteiger partial charge in [-0.3, -0.25) is 4.79 Å². The van der Waals surface area contributed by atoms with E-state index >= 15 is 0 Å². The van der Waals surface area contributed by atoms with Gasteiger partial charge in [0, 0.05) is 0 Å². The van der Waals surface area contributed by atoms with E-state index in [4.69, 9.17) is 15.5 Å². The highest BCUT2D eigenvalue weighted by Crippen LogP contribution is 2.21. The minimum Gasteiger partial charge on any atom is -0.420 e. The first-order chi connectivity index (χ1) is 6.72. The van der Waals surface area contributed by atoms with E-state index in [0.29, 0.717) is 0 Å². The fraction of sp³-hybridized carbons (Fsp3) is 0.222. The standard InChI is InChI=1S/C9H9BNO3/c11-9(13)8-6-3-5(4-12)1-2-7(6)10-14-8/h1-3,8,12H,4H2,(H2,11,13). The molecule has 0 aromatic heterocycles. The third kappa shape index (κ3) is 1.40. The van der Waals surface area contributed by atoms with E-state index in [1.807, 2.05) is 0 Å². The Bertz CT molecular complexity index is 380. The first-order valence-electron chi connectivity index (χ1n) is 4.24. The molecule has 0 spiro atoms. The van der Waals surface area contributed by atoms with Gasteiger partial charge in [0.15, 0.2) is 0 Å². The predicted molar refractivity (Wildman–Crippen MR) is 50.8 cm³/mol. The van der Waals surface area contributed by atoms with Crippen LogP contribution in [0.2, 0.25) is 0 Å². The molecule has 0 fully saturated rings. The van der Waals surface area contributed by atoms with Crippen LogP contribution in [0.1, 0.15) is 17.2 Å². The van der Waals surface area contributed by atoms with Crippen molar-refractivity contribution in [3.8, 4) is 0 Å². The quantitative estimate of drug-likeness (QED) is 0.586. The molecule has 1 unspecified atom stereocenters. The second-order valence-corrected chi connectivity index (χ2v) is 3.16. The van der Waals surface area contributed by atoms with E-state index in [1.54, 1.807) is 18.2 Å². The molecule has 0 saturated carbocycles. The minimum absolute atomic E-state index is 0.0568. The Hall–Kier alpha value is -1.33. The average Bonchev–Trinajstić information content (AvgIpc) is 2.59. The number of aliphatic hydroxyl groups excluding tert-OH is 1. The van der Waals surface area contributed by atoms with Gasteiger partial charge in [0.2, 0.25) is 5.91 Å². The Morgan fingerprint density at radius 3 is 3.07 bits per heavy atom. The van der Waals surface area contributed by atoms with Crippen molar-refractivity contribution in [1.29, 1.82) is 0 Å². The lowest BCUT2D eigenvalue weighted by Crippen LogP contribution is -2.21. The van der Waals surface area contributed by atoms with Crippen molar-refractivity contribution in [3.05, 3.63) is 29.3 Å². The molecule has 4 nitrogen and oxygen atoms in total. The molecule has 1 atom stereocenters. The lowest BCUT2D eigenvalue weighted by molar-refractivity contribution is -0.124. The summed E-state index contributed by atoms with van der Waals surface area (Å²) in [4.78, 5) is 11.0. The van der Waals surface area contributed by atoms with Gasteiger partial charge < -0.3 is 15.5 Å². The summed E-state index contributed by atoms with van der Waals surface area (Å²) in [5.74, 6) is -0.518. The number of carbonyl (C=O) groups is 1. The predicted octanol–water partition coefficient (Wildman–Crippen LogP) is -1.02. The molecular weight excluding hydrogens is 181 g/mol. The molecule has 1 radical (unpaired) electrons. The van der Waals surface area contributed by atoms with E-state index in [2.05, 4.69) is 0 Å². The first-order valence-corrected chi connectivity index (χ1v) is 4.24. The van der Waals surface area contributed by atoms with E-state index < -0.39 is 12.0 Å². The van der Waals surface area contributed by atoms with Gasteiger partial charge in [0.25, 0.3) is 0 Å². The first kappa shape index (κ1) is 9.24. The highest BCUT2D eigenvalue weighted by Gasteiger charge is 2.28. The molecule has 0 bridgehead atoms. The molecule has 14 heavy (non-hydrogen) atoms. The Kier molecular flexibility index (Phi) is 2.27. The summed E-state index contributed by atoms with van der Waals surface area (Å²) >= 11 is 0. The van der Waals surface area contributed by atoms with Gasteiger partial charge in [-0.25, -0.2) is 0 Å². The van der Waals surface area contributed by atoms with Gasteiger partial charge in [0.05, 0.1) is 6.61 Å². The van der Waals surface area contributed by atoms with Crippen LogP contribution in [0.5, 0.6) is 0 Å². The zero-order valence-corrected chi connectivity index (χ0v) is 7.43. The monoisotopic (exact) mass is 190 g/mol. The van der Waals surface area contributed by atoms with Crippen LogP contribution in [-0.2, 0) is 16.1 Å². The van der Waals surface area contributed by atoms with Crippen LogP contribution in [0.3, 0.4) is 0 Å². The van der Waals surface area contributed by atoms with Crippen LogP contribution in [-0.4, -0.2) is 18.5 Å². The lowest BCUT2D eigenvalue weighted by atomic mass is 9.86. The van der Waals surface area contributed by atoms with Crippen molar-refractivity contribution in [3.63, 3.8) is 0 Å². The Morgan fingerprint density at radius 1 is 1.64 bits per heavy atom. The van der Waals surface area contributed by atoms with Crippen LogP contribution in [0.4, 0.5) is 0 Å². The van der Waals surface area contributed by atoms with E-state index in [-0.39, 0.29) is 6.61 Å². The molecule has 3 N–H and O–H groups in total. The van der Waals surface area contributed by atoms with E-state index in [0.717, 1.165) is 16.6 Å². The van der Waals surface area contributed by atoms with Crippen molar-refractivity contribution in [2.24, 2.45) is 5.73 Å². The summed E-state index contributed by atoms with van der Waals surface area (Å²) in [7, 11) is 1.51. The molecular formula is C9H9BNO3. The molecule has 1 aromatic carbocycles. The normalized spacial score (nSPS) is 18.8. The third-order valence-electron chi connectivity index (χ3n) is 2.21. The Labute approximate surface area is 82.0 Å². The van der Waals surface area contributed by atoms with Gasteiger partial charge >= 0.3 is 7.48 Å². The maximum atomic E-state index is 11.0. The zero-order valence-electron chi connectivity index (χ0n) is 7.43. The zero-order chi connectivity index (χ0) is 10.1. The van der Waals surface area contributed by atoms with Crippen molar-refractivity contribution >= 4 is 18.9 Å². The SMILES string of the molecule is NC(=O)C1O[B]c2ccc(CO)cc21. The summed E-state index contributed by atoms with van der Waals surface area (Å²) in [5, 5.41) is 8.93. The smallest absolute Gasteiger partial charge is 0.331 e. The number of rotatable bonds is 2. The van der Waals surface area contributed by atoms with Crippen LogP contribution in [0.15, 0.2) is 18.2 Å². The van der Waals surface area contributed by atoms with Gasteiger partial charge in [0.1, 0.15) is 6.10 Å². The topological polar surface area (TPSA) is 72.6 Å². The molecule has 0 aliphatic carbocycles. The second kappa shape index (κ2) is 3.44. The van der Waals surface area contributed by atoms with Gasteiger partial charge in [-0.1, -0.05) is 18.2 Å². The van der Waals surface area contributed by atoms with Gasteiger partial charge in [-0.2, -0.15) is 0 Å². The average molecular weight is 190 g/mol. The van der Waals surface area contributed by atoms with E-state index in [9.17, 15) is 4.79 Å². The number of amides is 1. The maximum absolute atomic E-state index is 11.0. The van der Waals surface area contributed by atoms with Crippen LogP contribution in [0, 0.1) is 0 Å². The number of primary amides is 1. The molecule has 1 aromatic rings. The summed E-state index contributed by atoms with van der Waals surface area (Å²) in [6.07, 6.45) is -0.712. The van der Waals surface area contributed by atoms with Crippen molar-refractivity contribution in [2.45, 2.75) is 12.7 Å². The molecule has 1 aliphatic heterocycles. The lowest BCUT2D eigenvalue weighted by Gasteiger charge is -2.08. The van der Waals surface area contributed by atoms with E-state index in [1.165, 1.54) is 7.48 Å². The van der Waals surface area contributed by atoms with Crippen molar-refractivity contribution in [1.82, 2.24) is 0 Å². The summed E-state index contributed by atoms with van der Waals surface area (Å²) in [6.45, 7) is -0.0568. The highest BCUT2D eigenvalue weighted by molar-refractivity contribution is 6.49. The molecule has 1 heterocycles. The van der Waals surface area contributed by atoms with Crippen LogP contribution in [0.25, 0.3) is 0 Å². The number of hydrogen-bond acceptors (Lipinski definition) is 3. The summed E-state index contributed by atoms with van der Waals surface area (Å²) < 4.78 is 5.10. The Balaban J connectivity index is 2.41. The highest BCUT2D eigenvalue weighted by atomic mass is 16.4. The maximum Gasteiger partial charge on any atom is 0.331 e. The number of carbonyl (C=O) groups excluding carboxylic acids is 1. The van der Waals surface area contributed by atoms with Gasteiger partial charge in [-0.15, -0.1) is 0 Å². The molecule has 1 aliphatic rings. The van der Waals surface area contributed by atoms with Crippen molar-refractivity contribution in [2.75, 3.05) is 0 Å². The molecule has 5 heteroatoms. The molecule has 1 amide bonds. The summed E-state index contributed by atoms with van der Waals surface area (Å²) in [5.41, 5.74) is 7.47. The molecule has 0 saturated heterocycles. The number of hydrogen-bond donors (Lipinski definition) is 2. The number of aliphatic hydroxyl groups is 1. The number of nitrogens with two attached hydrogens (primary N) is 1. The minimum atomic E-state index is -0.712. The summed E-state index contributed by atoms with van der Waals surface area (Å²) in [6, 6.07) is 5.31. The number of benzene rings is 1. The fourth-order valence-electron chi connectivity index (χ4n) is 1.49. The van der Waals surface area contributed by atoms with Crippen molar-refractivity contribution < 1.29 is 14.6 Å². The largest absolute Gasteiger partial charge is 0.420 e. The molecule has 2 rings (SSSR count). The molecule has 71 valence electrons.